The minimum atomic E-state index is -0.0471. The maximum absolute atomic E-state index is 12.8. The van der Waals surface area contributed by atoms with Crippen LogP contribution in [0.3, 0.4) is 0 Å². The number of nitrogens with zero attached hydrogens (tertiary/aromatic N) is 4. The molecule has 0 saturated heterocycles. The van der Waals surface area contributed by atoms with Crippen molar-refractivity contribution in [1.82, 2.24) is 14.7 Å². The molecule has 7 heteroatoms. The molecule has 33 heavy (non-hydrogen) atoms. The Morgan fingerprint density at radius 1 is 0.879 bits per heavy atom. The van der Waals surface area contributed by atoms with Crippen molar-refractivity contribution in [2.75, 3.05) is 13.3 Å². The molecule has 0 saturated carbocycles. The summed E-state index contributed by atoms with van der Waals surface area (Å²) in [6, 6.07) is 25.6. The Labute approximate surface area is 190 Å². The topological polar surface area (TPSA) is 69.0 Å². The molecule has 0 N–H and O–H groups in total. The molecule has 162 valence electrons. The molecular weight excluding hydrogens is 416 g/mol. The van der Waals surface area contributed by atoms with Crippen molar-refractivity contribution in [3.8, 4) is 28.4 Å². The van der Waals surface area contributed by atoms with Crippen LogP contribution in [0.15, 0.2) is 90.1 Å². The zero-order valence-corrected chi connectivity index (χ0v) is 17.7. The van der Waals surface area contributed by atoms with Gasteiger partial charge in [-0.15, -0.1) is 0 Å². The van der Waals surface area contributed by atoms with Crippen LogP contribution < -0.4 is 9.47 Å². The van der Waals surface area contributed by atoms with Crippen LogP contribution in [0.25, 0.3) is 16.9 Å². The molecule has 3 aromatic carbocycles. The summed E-state index contributed by atoms with van der Waals surface area (Å²) in [5.74, 6) is 1.99. The van der Waals surface area contributed by atoms with Crippen molar-refractivity contribution in [2.45, 2.75) is 6.54 Å². The van der Waals surface area contributed by atoms with E-state index in [1.807, 2.05) is 89.7 Å². The first-order valence-corrected chi connectivity index (χ1v) is 10.7. The number of rotatable bonds is 5. The number of fused-ring (bicyclic) bond motifs is 1. The Bertz CT molecular complexity index is 1360. The lowest BCUT2D eigenvalue weighted by Crippen LogP contribution is -2.32. The van der Waals surface area contributed by atoms with Gasteiger partial charge < -0.3 is 9.47 Å². The molecule has 0 bridgehead atoms. The molecule has 0 fully saturated rings. The number of para-hydroxylation sites is 1. The Morgan fingerprint density at radius 3 is 2.45 bits per heavy atom. The summed E-state index contributed by atoms with van der Waals surface area (Å²) in [5, 5.41) is 4.87. The van der Waals surface area contributed by atoms with Crippen LogP contribution in [0.5, 0.6) is 11.5 Å². The SMILES string of the molecule is O=C1CN=C(c2cn(-c3ccccc3)nc2-c2ccccc2)N1Cc1ccc2c(c1)OCO2. The average Bonchev–Trinajstić information content (AvgIpc) is 3.59. The molecule has 0 atom stereocenters. The van der Waals surface area contributed by atoms with E-state index < -0.39 is 0 Å². The molecule has 0 spiro atoms. The van der Waals surface area contributed by atoms with Gasteiger partial charge in [-0.05, 0) is 29.8 Å². The Hall–Kier alpha value is -4.39. The monoisotopic (exact) mass is 436 g/mol. The van der Waals surface area contributed by atoms with Gasteiger partial charge in [0.2, 0.25) is 12.7 Å². The third kappa shape index (κ3) is 3.53. The number of benzene rings is 3. The van der Waals surface area contributed by atoms with E-state index in [4.69, 9.17) is 14.6 Å². The van der Waals surface area contributed by atoms with E-state index in [1.165, 1.54) is 0 Å². The normalized spacial score (nSPS) is 14.6. The second kappa shape index (κ2) is 7.94. The minimum Gasteiger partial charge on any atom is -0.454 e. The van der Waals surface area contributed by atoms with E-state index in [2.05, 4.69) is 4.99 Å². The predicted octanol–water partition coefficient (Wildman–Crippen LogP) is 4.06. The molecule has 1 amide bonds. The van der Waals surface area contributed by atoms with Crippen molar-refractivity contribution in [2.24, 2.45) is 4.99 Å². The minimum absolute atomic E-state index is 0.0471. The fourth-order valence-electron chi connectivity index (χ4n) is 4.11. The highest BCUT2D eigenvalue weighted by Crippen LogP contribution is 2.33. The van der Waals surface area contributed by atoms with Gasteiger partial charge in [0.1, 0.15) is 18.1 Å². The summed E-state index contributed by atoms with van der Waals surface area (Å²) >= 11 is 0. The van der Waals surface area contributed by atoms with Gasteiger partial charge in [-0.2, -0.15) is 5.10 Å². The van der Waals surface area contributed by atoms with Crippen molar-refractivity contribution in [3.63, 3.8) is 0 Å². The summed E-state index contributed by atoms with van der Waals surface area (Å²) in [7, 11) is 0. The fraction of sp³-hybridized carbons (Fsp3) is 0.115. The molecule has 1 aromatic heterocycles. The highest BCUT2D eigenvalue weighted by atomic mass is 16.7. The van der Waals surface area contributed by atoms with Gasteiger partial charge in [-0.25, -0.2) is 4.68 Å². The highest BCUT2D eigenvalue weighted by molar-refractivity contribution is 6.14. The van der Waals surface area contributed by atoms with E-state index in [0.29, 0.717) is 18.1 Å². The van der Waals surface area contributed by atoms with E-state index in [9.17, 15) is 4.79 Å². The molecule has 2 aliphatic rings. The maximum atomic E-state index is 12.8. The van der Waals surface area contributed by atoms with Crippen LogP contribution in [0, 0.1) is 0 Å². The van der Waals surface area contributed by atoms with Crippen LogP contribution in [0.1, 0.15) is 11.1 Å². The highest BCUT2D eigenvalue weighted by Gasteiger charge is 2.30. The van der Waals surface area contributed by atoms with Crippen LogP contribution in [0.4, 0.5) is 0 Å². The number of ether oxygens (including phenoxy) is 2. The lowest BCUT2D eigenvalue weighted by atomic mass is 10.1. The molecule has 7 nitrogen and oxygen atoms in total. The van der Waals surface area contributed by atoms with Crippen LogP contribution >= 0.6 is 0 Å². The molecule has 0 radical (unpaired) electrons. The summed E-state index contributed by atoms with van der Waals surface area (Å²) in [4.78, 5) is 19.2. The molecular formula is C26H20N4O3. The molecule has 0 unspecified atom stereocenters. The van der Waals surface area contributed by atoms with E-state index >= 15 is 0 Å². The van der Waals surface area contributed by atoms with E-state index in [1.54, 1.807) is 4.90 Å². The van der Waals surface area contributed by atoms with Gasteiger partial charge in [0.25, 0.3) is 0 Å². The maximum Gasteiger partial charge on any atom is 0.250 e. The average molecular weight is 436 g/mol. The number of hydrogen-bond acceptors (Lipinski definition) is 5. The molecule has 2 aliphatic heterocycles. The van der Waals surface area contributed by atoms with E-state index in [-0.39, 0.29) is 19.2 Å². The molecule has 4 aromatic rings. The standard InChI is InChI=1S/C26H20N4O3/c31-24-14-27-26(29(24)15-18-11-12-22-23(13-18)33-17-32-22)21-16-30(20-9-5-2-6-10-20)28-25(21)19-7-3-1-4-8-19/h1-13,16H,14-15,17H2. The number of carbonyl (C=O) groups excluding carboxylic acids is 1. The Kier molecular flexibility index (Phi) is 4.65. The van der Waals surface area contributed by atoms with Gasteiger partial charge in [0.15, 0.2) is 11.5 Å². The number of hydrogen-bond donors (Lipinski definition) is 0. The smallest absolute Gasteiger partial charge is 0.250 e. The van der Waals surface area contributed by atoms with E-state index in [0.717, 1.165) is 33.8 Å². The second-order valence-corrected chi connectivity index (χ2v) is 7.84. The van der Waals surface area contributed by atoms with Crippen molar-refractivity contribution >= 4 is 11.7 Å². The van der Waals surface area contributed by atoms with Crippen molar-refractivity contribution in [1.29, 1.82) is 0 Å². The lowest BCUT2D eigenvalue weighted by Gasteiger charge is -2.19. The van der Waals surface area contributed by atoms with Crippen molar-refractivity contribution in [3.05, 3.63) is 96.2 Å². The Morgan fingerprint density at radius 2 is 1.64 bits per heavy atom. The van der Waals surface area contributed by atoms with Gasteiger partial charge in [-0.3, -0.25) is 14.7 Å². The number of amidine groups is 1. The number of amides is 1. The second-order valence-electron chi connectivity index (χ2n) is 7.84. The summed E-state index contributed by atoms with van der Waals surface area (Å²) in [5.41, 5.74) is 4.44. The number of aliphatic imine (C=N–C) groups is 1. The largest absolute Gasteiger partial charge is 0.454 e. The molecule has 3 heterocycles. The number of aromatic nitrogens is 2. The third-order valence-corrected chi connectivity index (χ3v) is 5.72. The quantitative estimate of drug-likeness (QED) is 0.473. The number of carbonyl (C=O) groups is 1. The first-order valence-electron chi connectivity index (χ1n) is 10.7. The first kappa shape index (κ1) is 19.3. The predicted molar refractivity (Wildman–Crippen MR) is 124 cm³/mol. The van der Waals surface area contributed by atoms with Crippen LogP contribution in [-0.2, 0) is 11.3 Å². The van der Waals surface area contributed by atoms with Crippen LogP contribution in [0.2, 0.25) is 0 Å². The van der Waals surface area contributed by atoms with Crippen LogP contribution in [-0.4, -0.2) is 39.8 Å². The fourth-order valence-corrected chi connectivity index (χ4v) is 4.11. The molecule has 0 aliphatic carbocycles. The zero-order chi connectivity index (χ0) is 22.2. The summed E-state index contributed by atoms with van der Waals surface area (Å²) < 4.78 is 12.7. The zero-order valence-electron chi connectivity index (χ0n) is 17.7. The third-order valence-electron chi connectivity index (χ3n) is 5.72. The van der Waals surface area contributed by atoms with Gasteiger partial charge in [-0.1, -0.05) is 54.6 Å². The molecule has 6 rings (SSSR count). The van der Waals surface area contributed by atoms with Gasteiger partial charge in [0, 0.05) is 11.8 Å². The summed E-state index contributed by atoms with van der Waals surface area (Å²) in [6.45, 7) is 0.719. The summed E-state index contributed by atoms with van der Waals surface area (Å²) in [6.07, 6.45) is 1.95. The van der Waals surface area contributed by atoms with Gasteiger partial charge >= 0.3 is 0 Å². The first-order chi connectivity index (χ1) is 16.3. The Balaban J connectivity index is 1.41. The van der Waals surface area contributed by atoms with Crippen molar-refractivity contribution < 1.29 is 14.3 Å². The van der Waals surface area contributed by atoms with Gasteiger partial charge in [0.05, 0.1) is 17.8 Å². The lowest BCUT2D eigenvalue weighted by molar-refractivity contribution is -0.125.